The van der Waals surface area contributed by atoms with Crippen molar-refractivity contribution in [1.82, 2.24) is 0 Å². The monoisotopic (exact) mass is 589 g/mol. The predicted molar refractivity (Wildman–Crippen MR) is 171 cm³/mol. The maximum atomic E-state index is 12.8. The van der Waals surface area contributed by atoms with Crippen LogP contribution in [0.25, 0.3) is 0 Å². The van der Waals surface area contributed by atoms with E-state index in [2.05, 4.69) is 13.5 Å². The van der Waals surface area contributed by atoms with Crippen LogP contribution in [-0.2, 0) is 9.53 Å². The summed E-state index contributed by atoms with van der Waals surface area (Å²) in [4.78, 5) is 12.8. The van der Waals surface area contributed by atoms with Gasteiger partial charge in [-0.05, 0) is 50.5 Å². The Balaban J connectivity index is 3.28. The molecular weight excluding hydrogens is 530 g/mol. The second-order valence-corrected chi connectivity index (χ2v) is 12.5. The van der Waals surface area contributed by atoms with E-state index in [1.165, 1.54) is 6.08 Å². The van der Waals surface area contributed by atoms with Gasteiger partial charge in [0, 0.05) is 36.2 Å². The molecule has 0 aromatic carbocycles. The predicted octanol–water partition coefficient (Wildman–Crippen LogP) is 5.25. The molecule has 0 saturated carbocycles. The number of aliphatic hydroxyl groups is 4. The normalized spacial score (nSPS) is 38.0. The summed E-state index contributed by atoms with van der Waals surface area (Å²) in [6.07, 6.45) is 16.7. The van der Waals surface area contributed by atoms with Gasteiger partial charge in [-0.3, -0.25) is 0 Å². The molecule has 0 spiro atoms. The van der Waals surface area contributed by atoms with Crippen LogP contribution >= 0.6 is 0 Å². The number of allylic oxidation sites excluding steroid dienone is 4. The van der Waals surface area contributed by atoms with Crippen molar-refractivity contribution in [3.63, 3.8) is 0 Å². The van der Waals surface area contributed by atoms with Gasteiger partial charge in [-0.2, -0.15) is 0 Å². The molecule has 0 fully saturated rings. The summed E-state index contributed by atoms with van der Waals surface area (Å²) in [5, 5.41) is 43.6. The van der Waals surface area contributed by atoms with E-state index in [4.69, 9.17) is 10.5 Å². The number of cyclic esters (lactones) is 1. The zero-order valence-corrected chi connectivity index (χ0v) is 26.6. The average Bonchev–Trinajstić information content (AvgIpc) is 2.95. The van der Waals surface area contributed by atoms with Crippen LogP contribution in [0.15, 0.2) is 61.3 Å². The molecule has 0 unspecified atom stereocenters. The lowest BCUT2D eigenvalue weighted by molar-refractivity contribution is -0.150. The molecule has 7 nitrogen and oxygen atoms in total. The molecule has 7 heteroatoms. The SMILES string of the molecule is C=C/C=C\[C@H](C)[C@@H]1OC(=O)/C=C\C=C\[C@@H](CCCCN)[C@@H](O)C[C@H](O)/C=C\[C@H](C)[C@H](O)[C@@H](C)C[C@@H](C)CC[C@@H](O)[C@@H]1C. The Bertz CT molecular complexity index is 883. The van der Waals surface area contributed by atoms with E-state index in [0.29, 0.717) is 19.4 Å². The molecule has 0 aromatic rings. The van der Waals surface area contributed by atoms with E-state index < -0.39 is 36.5 Å². The maximum Gasteiger partial charge on any atom is 0.331 e. The van der Waals surface area contributed by atoms with Gasteiger partial charge in [0.15, 0.2) is 0 Å². The number of carbonyl (C=O) groups is 1. The summed E-state index contributed by atoms with van der Waals surface area (Å²) in [7, 11) is 0. The molecule has 240 valence electrons. The third-order valence-corrected chi connectivity index (χ3v) is 8.60. The Labute approximate surface area is 254 Å². The van der Waals surface area contributed by atoms with E-state index >= 15 is 0 Å². The first-order chi connectivity index (χ1) is 19.9. The number of carbonyl (C=O) groups excluding carboxylic acids is 1. The maximum absolute atomic E-state index is 12.8. The van der Waals surface area contributed by atoms with E-state index in [-0.39, 0.29) is 41.9 Å². The first-order valence-corrected chi connectivity index (χ1v) is 15.9. The molecule has 1 rings (SSSR count). The van der Waals surface area contributed by atoms with Crippen LogP contribution in [0.1, 0.15) is 79.6 Å². The Morgan fingerprint density at radius 1 is 1.00 bits per heavy atom. The Kier molecular flexibility index (Phi) is 18.8. The van der Waals surface area contributed by atoms with Crippen molar-refractivity contribution in [3.8, 4) is 0 Å². The largest absolute Gasteiger partial charge is 0.458 e. The van der Waals surface area contributed by atoms with E-state index in [9.17, 15) is 25.2 Å². The van der Waals surface area contributed by atoms with Crippen LogP contribution in [0.4, 0.5) is 0 Å². The van der Waals surface area contributed by atoms with Gasteiger partial charge >= 0.3 is 5.97 Å². The first-order valence-electron chi connectivity index (χ1n) is 15.9. The molecule has 0 aromatic heterocycles. The first kappa shape index (κ1) is 38.0. The summed E-state index contributed by atoms with van der Waals surface area (Å²) < 4.78 is 5.87. The number of rotatable bonds is 7. The zero-order chi connectivity index (χ0) is 31.7. The lowest BCUT2D eigenvalue weighted by Crippen LogP contribution is -2.37. The molecule has 42 heavy (non-hydrogen) atoms. The molecule has 0 amide bonds. The van der Waals surface area contributed by atoms with Crippen LogP contribution in [0.3, 0.4) is 0 Å². The highest BCUT2D eigenvalue weighted by atomic mass is 16.5. The number of ether oxygens (including phenoxy) is 1. The van der Waals surface area contributed by atoms with E-state index in [1.54, 1.807) is 24.3 Å². The Morgan fingerprint density at radius 2 is 1.71 bits per heavy atom. The van der Waals surface area contributed by atoms with Gasteiger partial charge in [0.05, 0.1) is 24.4 Å². The highest BCUT2D eigenvalue weighted by Crippen LogP contribution is 2.28. The van der Waals surface area contributed by atoms with Gasteiger partial charge in [-0.15, -0.1) is 0 Å². The van der Waals surface area contributed by atoms with Crippen LogP contribution in [0.5, 0.6) is 0 Å². The molecular formula is C35H59NO6. The van der Waals surface area contributed by atoms with Crippen LogP contribution in [-0.4, -0.2) is 63.5 Å². The zero-order valence-electron chi connectivity index (χ0n) is 26.6. The smallest absolute Gasteiger partial charge is 0.331 e. The second kappa shape index (κ2) is 20.8. The molecule has 0 bridgehead atoms. The molecule has 1 heterocycles. The number of hydrogen-bond donors (Lipinski definition) is 5. The highest BCUT2D eigenvalue weighted by molar-refractivity contribution is 5.82. The number of aliphatic hydroxyl groups excluding tert-OH is 4. The quantitative estimate of drug-likeness (QED) is 0.119. The van der Waals surface area contributed by atoms with Crippen molar-refractivity contribution in [2.75, 3.05) is 6.54 Å². The molecule has 11 atom stereocenters. The van der Waals surface area contributed by atoms with Gasteiger partial charge in [0.25, 0.3) is 0 Å². The van der Waals surface area contributed by atoms with Crippen molar-refractivity contribution in [2.24, 2.45) is 41.2 Å². The number of nitrogens with two attached hydrogens (primary N) is 1. The van der Waals surface area contributed by atoms with Gasteiger partial charge < -0.3 is 30.9 Å². The summed E-state index contributed by atoms with van der Waals surface area (Å²) in [6, 6.07) is 0. The Hall–Kier alpha value is -2.03. The number of unbranched alkanes of at least 4 members (excludes halogenated alkanes) is 1. The molecule has 0 aliphatic carbocycles. The fourth-order valence-electron chi connectivity index (χ4n) is 5.78. The number of esters is 1. The fourth-order valence-corrected chi connectivity index (χ4v) is 5.78. The minimum absolute atomic E-state index is 0.0245. The molecule has 1 aliphatic rings. The van der Waals surface area contributed by atoms with Gasteiger partial charge in [-0.1, -0.05) is 96.2 Å². The summed E-state index contributed by atoms with van der Waals surface area (Å²) >= 11 is 0. The van der Waals surface area contributed by atoms with Crippen molar-refractivity contribution >= 4 is 5.97 Å². The minimum atomic E-state index is -0.852. The van der Waals surface area contributed by atoms with E-state index in [1.807, 2.05) is 52.0 Å². The van der Waals surface area contributed by atoms with Gasteiger partial charge in [0.2, 0.25) is 0 Å². The van der Waals surface area contributed by atoms with Gasteiger partial charge in [-0.25, -0.2) is 4.79 Å². The lowest BCUT2D eigenvalue weighted by atomic mass is 9.82. The summed E-state index contributed by atoms with van der Waals surface area (Å²) in [5.41, 5.74) is 5.66. The lowest BCUT2D eigenvalue weighted by Gasteiger charge is -2.31. The topological polar surface area (TPSA) is 133 Å². The summed E-state index contributed by atoms with van der Waals surface area (Å²) in [6.45, 7) is 14.2. The van der Waals surface area contributed by atoms with Crippen LogP contribution in [0, 0.1) is 35.5 Å². The number of hydrogen-bond acceptors (Lipinski definition) is 7. The third-order valence-electron chi connectivity index (χ3n) is 8.60. The molecule has 0 radical (unpaired) electrons. The fraction of sp³-hybridized carbons (Fsp3) is 0.686. The van der Waals surface area contributed by atoms with Crippen molar-refractivity contribution in [2.45, 2.75) is 110 Å². The van der Waals surface area contributed by atoms with Crippen molar-refractivity contribution in [3.05, 3.63) is 61.3 Å². The third kappa shape index (κ3) is 14.4. The van der Waals surface area contributed by atoms with E-state index in [0.717, 1.165) is 25.7 Å². The van der Waals surface area contributed by atoms with Crippen molar-refractivity contribution in [1.29, 1.82) is 0 Å². The summed E-state index contributed by atoms with van der Waals surface area (Å²) in [5.74, 6) is -1.03. The second-order valence-electron chi connectivity index (χ2n) is 12.5. The standard InChI is InChI=1S/C35H59NO6/c1-7-8-13-26(4)35-28(6)31(38)20-17-24(2)22-27(5)34(41)25(3)18-19-30(37)23-32(39)29(15-11-12-21-36)14-9-10-16-33(40)42-35/h7-10,13-14,16,18-19,24-32,34-35,37-39,41H,1,11-12,15,17,20-23,36H2,2-6H3/b13-8-,14-9+,16-10-,19-18-/t24-,25-,26-,27-,28-,29-,30+,31+,32-,34-,35-/m0/s1. The molecule has 0 saturated heterocycles. The molecule has 1 aliphatic heterocycles. The Morgan fingerprint density at radius 3 is 2.38 bits per heavy atom. The highest BCUT2D eigenvalue weighted by Gasteiger charge is 2.31. The molecule has 6 N–H and O–H groups in total. The van der Waals surface area contributed by atoms with Crippen molar-refractivity contribution < 1.29 is 30.0 Å². The van der Waals surface area contributed by atoms with Crippen LogP contribution in [0.2, 0.25) is 0 Å². The minimum Gasteiger partial charge on any atom is -0.458 e. The van der Waals surface area contributed by atoms with Gasteiger partial charge in [0.1, 0.15) is 6.10 Å². The van der Waals surface area contributed by atoms with Crippen LogP contribution < -0.4 is 5.73 Å². The average molecular weight is 590 g/mol.